The molecule has 1 aliphatic rings. The summed E-state index contributed by atoms with van der Waals surface area (Å²) in [6, 6.07) is 22.5. The third-order valence-electron chi connectivity index (χ3n) is 4.81. The lowest BCUT2D eigenvalue weighted by atomic mass is 10.1. The Hall–Kier alpha value is -3.67. The van der Waals surface area contributed by atoms with Crippen LogP contribution in [0.5, 0.6) is 0 Å². The number of aryl methyl sites for hydroxylation is 1. The number of para-hydroxylation sites is 2. The number of nitro benzene ring substituents is 1. The summed E-state index contributed by atoms with van der Waals surface area (Å²) >= 11 is 0. The van der Waals surface area contributed by atoms with E-state index in [1.165, 1.54) is 11.6 Å². The fourth-order valence-electron chi connectivity index (χ4n) is 3.44. The maximum absolute atomic E-state index is 11.4. The number of nitro groups is 1. The van der Waals surface area contributed by atoms with E-state index < -0.39 is 11.2 Å². The molecule has 1 atom stereocenters. The molecule has 6 heteroatoms. The Balaban J connectivity index is 1.62. The van der Waals surface area contributed by atoms with Gasteiger partial charge in [0.2, 0.25) is 6.23 Å². The first-order valence-corrected chi connectivity index (χ1v) is 9.48. The highest BCUT2D eigenvalue weighted by atomic mass is 16.6. The average Bonchev–Trinajstić information content (AvgIpc) is 2.73. The number of hydrogen-bond acceptors (Lipinski definition) is 5. The molecule has 146 valence electrons. The van der Waals surface area contributed by atoms with Crippen LogP contribution in [-0.2, 0) is 4.74 Å². The molecule has 0 spiro atoms. The molecule has 0 amide bonds. The molecule has 0 saturated carbocycles. The van der Waals surface area contributed by atoms with E-state index in [1.807, 2.05) is 36.4 Å². The van der Waals surface area contributed by atoms with Crippen molar-refractivity contribution in [3.05, 3.63) is 105 Å². The van der Waals surface area contributed by atoms with Gasteiger partial charge in [-0.25, -0.2) is 4.99 Å². The number of ether oxygens (including phenoxy) is 1. The summed E-state index contributed by atoms with van der Waals surface area (Å²) in [5.74, 6) is 0.777. The third-order valence-corrected chi connectivity index (χ3v) is 4.81. The quantitative estimate of drug-likeness (QED) is 0.515. The molecule has 0 bridgehead atoms. The lowest BCUT2D eigenvalue weighted by Gasteiger charge is -2.22. The van der Waals surface area contributed by atoms with E-state index in [0.29, 0.717) is 18.5 Å². The van der Waals surface area contributed by atoms with Crippen LogP contribution in [0.15, 0.2) is 77.8 Å². The lowest BCUT2D eigenvalue weighted by Crippen LogP contribution is -2.33. The Kier molecular flexibility index (Phi) is 5.24. The van der Waals surface area contributed by atoms with Crippen LogP contribution in [0, 0.1) is 17.0 Å². The second-order valence-electron chi connectivity index (χ2n) is 6.90. The molecule has 3 aromatic carbocycles. The van der Waals surface area contributed by atoms with E-state index in [4.69, 9.17) is 4.74 Å². The Morgan fingerprint density at radius 3 is 2.69 bits per heavy atom. The minimum absolute atomic E-state index is 0.0119. The molecule has 0 fully saturated rings. The molecule has 1 heterocycles. The van der Waals surface area contributed by atoms with E-state index in [1.54, 1.807) is 18.2 Å². The van der Waals surface area contributed by atoms with Crippen LogP contribution in [0.4, 0.5) is 11.4 Å². The van der Waals surface area contributed by atoms with Crippen molar-refractivity contribution in [2.75, 3.05) is 11.9 Å². The number of hydrogen-bond donors (Lipinski definition) is 1. The topological polar surface area (TPSA) is 76.8 Å². The van der Waals surface area contributed by atoms with Crippen molar-refractivity contribution in [1.29, 1.82) is 0 Å². The Bertz CT molecular complexity index is 1170. The van der Waals surface area contributed by atoms with Gasteiger partial charge in [-0.3, -0.25) is 10.1 Å². The molecule has 1 unspecified atom stereocenters. The van der Waals surface area contributed by atoms with Crippen LogP contribution >= 0.6 is 0 Å². The van der Waals surface area contributed by atoms with E-state index >= 15 is 0 Å². The van der Waals surface area contributed by atoms with Gasteiger partial charge in [-0.15, -0.1) is 0 Å². The molecule has 0 aliphatic carbocycles. The molecule has 1 N–H and O–H groups in total. The number of anilines is 1. The Labute approximate surface area is 168 Å². The highest BCUT2D eigenvalue weighted by Gasteiger charge is 2.25. The smallest absolute Gasteiger partial charge is 0.278 e. The van der Waals surface area contributed by atoms with Gasteiger partial charge in [-0.2, -0.15) is 0 Å². The number of fused-ring (bicyclic) bond motifs is 1. The summed E-state index contributed by atoms with van der Waals surface area (Å²) in [6.45, 7) is 2.73. The predicted molar refractivity (Wildman–Crippen MR) is 112 cm³/mol. The number of nitrogens with one attached hydrogen (secondary N) is 1. The van der Waals surface area contributed by atoms with Gasteiger partial charge >= 0.3 is 0 Å². The summed E-state index contributed by atoms with van der Waals surface area (Å²) in [5.41, 5.74) is 2.71. The van der Waals surface area contributed by atoms with Crippen molar-refractivity contribution in [3.8, 4) is 0 Å². The second-order valence-corrected chi connectivity index (χ2v) is 6.90. The van der Waals surface area contributed by atoms with Gasteiger partial charge in [0.05, 0.1) is 15.8 Å². The molecule has 0 aromatic heterocycles. The van der Waals surface area contributed by atoms with Gasteiger partial charge in [0.15, 0.2) is 0 Å². The standard InChI is InChI=1S/C23H21N3O3/c1-16-7-6-8-17(15-16)24-14-13-22-18-9-2-4-11-20(18)25-23(29-22)19-10-3-5-12-21(19)26(27)28/h2-12,15,23-24H,13-14H2,1H3. The molecule has 4 rings (SSSR count). The van der Waals surface area contributed by atoms with Crippen LogP contribution in [0.1, 0.15) is 23.8 Å². The van der Waals surface area contributed by atoms with Crippen LogP contribution in [0.2, 0.25) is 0 Å². The molecule has 3 aromatic rings. The van der Waals surface area contributed by atoms with E-state index in [0.717, 1.165) is 22.0 Å². The molecular formula is C23H21N3O3. The van der Waals surface area contributed by atoms with Gasteiger partial charge in [0, 0.05) is 29.9 Å². The van der Waals surface area contributed by atoms with Crippen molar-refractivity contribution in [1.82, 2.24) is 0 Å². The summed E-state index contributed by atoms with van der Waals surface area (Å²) in [7, 11) is 0. The minimum Gasteiger partial charge on any atom is -0.468 e. The zero-order valence-electron chi connectivity index (χ0n) is 16.0. The molecule has 0 radical (unpaired) electrons. The number of rotatable bonds is 6. The lowest BCUT2D eigenvalue weighted by molar-refractivity contribution is -0.386. The first-order chi connectivity index (χ1) is 14.1. The van der Waals surface area contributed by atoms with Gasteiger partial charge < -0.3 is 10.1 Å². The minimum atomic E-state index is -0.736. The zero-order chi connectivity index (χ0) is 20.2. The Morgan fingerprint density at radius 2 is 1.86 bits per heavy atom. The maximum Gasteiger partial charge on any atom is 0.278 e. The zero-order valence-corrected chi connectivity index (χ0v) is 16.0. The van der Waals surface area contributed by atoms with E-state index in [9.17, 15) is 10.1 Å². The van der Waals surface area contributed by atoms with Crippen LogP contribution < -0.4 is 15.9 Å². The number of benzene rings is 3. The monoisotopic (exact) mass is 387 g/mol. The van der Waals surface area contributed by atoms with Crippen molar-refractivity contribution in [3.63, 3.8) is 0 Å². The largest absolute Gasteiger partial charge is 0.468 e. The third kappa shape index (κ3) is 4.11. The van der Waals surface area contributed by atoms with Crippen molar-refractivity contribution < 1.29 is 9.66 Å². The van der Waals surface area contributed by atoms with Crippen LogP contribution in [-0.4, -0.2) is 11.5 Å². The van der Waals surface area contributed by atoms with Gasteiger partial charge in [0.25, 0.3) is 5.69 Å². The number of nitrogens with zero attached hydrogens (tertiary/aromatic N) is 2. The summed E-state index contributed by atoms with van der Waals surface area (Å²) in [4.78, 5) is 15.7. The first-order valence-electron chi connectivity index (χ1n) is 9.48. The van der Waals surface area contributed by atoms with E-state index in [-0.39, 0.29) is 5.69 Å². The predicted octanol–water partition coefficient (Wildman–Crippen LogP) is 3.86. The molecule has 6 nitrogen and oxygen atoms in total. The normalized spacial score (nSPS) is 15.1. The Morgan fingerprint density at radius 1 is 1.07 bits per heavy atom. The fourth-order valence-corrected chi connectivity index (χ4v) is 3.44. The van der Waals surface area contributed by atoms with Gasteiger partial charge in [0.1, 0.15) is 5.76 Å². The van der Waals surface area contributed by atoms with Crippen LogP contribution in [0.3, 0.4) is 0 Å². The SMILES string of the molecule is Cc1cccc(NCCC2=c3ccccc3=NC(c3ccccc3[N+](=O)[O-])O2)c1. The highest BCUT2D eigenvalue weighted by molar-refractivity contribution is 5.48. The first kappa shape index (κ1) is 18.7. The molecular weight excluding hydrogens is 366 g/mol. The molecule has 29 heavy (non-hydrogen) atoms. The van der Waals surface area contributed by atoms with Gasteiger partial charge in [-0.1, -0.05) is 36.4 Å². The fraction of sp³-hybridized carbons (Fsp3) is 0.174. The van der Waals surface area contributed by atoms with Crippen LogP contribution in [0.25, 0.3) is 5.76 Å². The second kappa shape index (κ2) is 8.14. The van der Waals surface area contributed by atoms with E-state index in [2.05, 4.69) is 29.4 Å². The van der Waals surface area contributed by atoms with Crippen molar-refractivity contribution >= 4 is 17.1 Å². The summed E-state index contributed by atoms with van der Waals surface area (Å²) in [5, 5.41) is 16.6. The summed E-state index contributed by atoms with van der Waals surface area (Å²) in [6.07, 6.45) is -0.0992. The molecule has 0 saturated heterocycles. The summed E-state index contributed by atoms with van der Waals surface area (Å²) < 4.78 is 6.16. The van der Waals surface area contributed by atoms with Gasteiger partial charge in [-0.05, 0) is 42.8 Å². The highest BCUT2D eigenvalue weighted by Crippen LogP contribution is 2.31. The maximum atomic E-state index is 11.4. The van der Waals surface area contributed by atoms with Crippen molar-refractivity contribution in [2.45, 2.75) is 19.6 Å². The van der Waals surface area contributed by atoms with Crippen molar-refractivity contribution in [2.24, 2.45) is 4.99 Å². The average molecular weight is 387 g/mol. The molecule has 1 aliphatic heterocycles.